The lowest BCUT2D eigenvalue weighted by Crippen LogP contribution is -2.43. The van der Waals surface area contributed by atoms with E-state index in [1.165, 1.54) is 0 Å². The second-order valence-electron chi connectivity index (χ2n) is 4.40. The van der Waals surface area contributed by atoms with Crippen LogP contribution in [0.4, 0.5) is 15.8 Å². The highest BCUT2D eigenvalue weighted by Gasteiger charge is 2.18. The summed E-state index contributed by atoms with van der Waals surface area (Å²) in [7, 11) is 0. The molecule has 8 heteroatoms. The van der Waals surface area contributed by atoms with Gasteiger partial charge in [-0.25, -0.2) is 4.39 Å². The van der Waals surface area contributed by atoms with Crippen molar-refractivity contribution >= 4 is 17.3 Å². The van der Waals surface area contributed by atoms with Gasteiger partial charge < -0.3 is 15.4 Å². The average molecular weight is 283 g/mol. The molecule has 1 saturated heterocycles. The normalized spacial score (nSPS) is 18.6. The van der Waals surface area contributed by atoms with Crippen molar-refractivity contribution in [3.63, 3.8) is 0 Å². The molecule has 1 amide bonds. The number of carbonyl (C=O) groups excluding carboxylic acids is 1. The molecule has 1 heterocycles. The van der Waals surface area contributed by atoms with Crippen LogP contribution in [0.25, 0.3) is 0 Å². The SMILES string of the molecule is O=C(CC1COCCN1)Nc1cc([N+](=O)[O-])ccc1F. The van der Waals surface area contributed by atoms with Gasteiger partial charge >= 0.3 is 0 Å². The number of nitrogens with one attached hydrogen (secondary N) is 2. The molecule has 1 aromatic carbocycles. The maximum Gasteiger partial charge on any atom is 0.271 e. The zero-order chi connectivity index (χ0) is 14.5. The Balaban J connectivity index is 1.99. The first-order chi connectivity index (χ1) is 9.56. The minimum absolute atomic E-state index is 0.113. The van der Waals surface area contributed by atoms with Crippen LogP contribution in [0.1, 0.15) is 6.42 Å². The van der Waals surface area contributed by atoms with Crippen molar-refractivity contribution in [1.29, 1.82) is 0 Å². The van der Waals surface area contributed by atoms with Crippen LogP contribution in [0, 0.1) is 15.9 Å². The molecule has 1 atom stereocenters. The summed E-state index contributed by atoms with van der Waals surface area (Å²) in [6, 6.07) is 2.86. The number of hydrogen-bond acceptors (Lipinski definition) is 5. The van der Waals surface area contributed by atoms with Crippen LogP contribution in [-0.2, 0) is 9.53 Å². The van der Waals surface area contributed by atoms with E-state index in [-0.39, 0.29) is 23.8 Å². The van der Waals surface area contributed by atoms with Crippen molar-refractivity contribution < 1.29 is 18.8 Å². The van der Waals surface area contributed by atoms with Gasteiger partial charge in [0.05, 0.1) is 23.8 Å². The summed E-state index contributed by atoms with van der Waals surface area (Å²) >= 11 is 0. The minimum Gasteiger partial charge on any atom is -0.378 e. The number of carbonyl (C=O) groups is 1. The fourth-order valence-electron chi connectivity index (χ4n) is 1.90. The molecular weight excluding hydrogens is 269 g/mol. The number of anilines is 1. The number of benzene rings is 1. The van der Waals surface area contributed by atoms with Crippen LogP contribution in [0.2, 0.25) is 0 Å². The maximum atomic E-state index is 13.5. The predicted octanol–water partition coefficient (Wildman–Crippen LogP) is 1.05. The highest BCUT2D eigenvalue weighted by Crippen LogP contribution is 2.21. The first-order valence-corrected chi connectivity index (χ1v) is 6.11. The van der Waals surface area contributed by atoms with Crippen LogP contribution < -0.4 is 10.6 Å². The molecule has 2 rings (SSSR count). The lowest BCUT2D eigenvalue weighted by Gasteiger charge is -2.23. The molecular formula is C12H14FN3O4. The number of nitro benzene ring substituents is 1. The first kappa shape index (κ1) is 14.4. The number of amides is 1. The van der Waals surface area contributed by atoms with Gasteiger partial charge in [0.15, 0.2) is 0 Å². The molecule has 0 saturated carbocycles. The Kier molecular flexibility index (Phi) is 4.59. The smallest absolute Gasteiger partial charge is 0.271 e. The monoisotopic (exact) mass is 283 g/mol. The van der Waals surface area contributed by atoms with Crippen molar-refractivity contribution in [2.45, 2.75) is 12.5 Å². The molecule has 1 fully saturated rings. The maximum absolute atomic E-state index is 13.5. The van der Waals surface area contributed by atoms with Crippen molar-refractivity contribution in [3.8, 4) is 0 Å². The molecule has 1 unspecified atom stereocenters. The summed E-state index contributed by atoms with van der Waals surface area (Å²) in [5.74, 6) is -1.13. The van der Waals surface area contributed by atoms with Crippen LogP contribution in [0.3, 0.4) is 0 Å². The molecule has 0 bridgehead atoms. The summed E-state index contributed by atoms with van der Waals surface area (Å²) in [6.45, 7) is 1.66. The highest BCUT2D eigenvalue weighted by atomic mass is 19.1. The Morgan fingerprint density at radius 2 is 2.40 bits per heavy atom. The molecule has 2 N–H and O–H groups in total. The summed E-state index contributed by atoms with van der Waals surface area (Å²) in [5.41, 5.74) is -0.471. The zero-order valence-corrected chi connectivity index (χ0v) is 10.6. The topological polar surface area (TPSA) is 93.5 Å². The van der Waals surface area contributed by atoms with Gasteiger partial charge in [-0.1, -0.05) is 0 Å². The quantitative estimate of drug-likeness (QED) is 0.636. The van der Waals surface area contributed by atoms with E-state index < -0.39 is 16.6 Å². The first-order valence-electron chi connectivity index (χ1n) is 6.11. The number of nitrogens with zero attached hydrogens (tertiary/aromatic N) is 1. The molecule has 1 aromatic rings. The van der Waals surface area contributed by atoms with Crippen molar-refractivity contribution in [2.24, 2.45) is 0 Å². The van der Waals surface area contributed by atoms with E-state index in [9.17, 15) is 19.3 Å². The molecule has 7 nitrogen and oxygen atoms in total. The zero-order valence-electron chi connectivity index (χ0n) is 10.6. The van der Waals surface area contributed by atoms with Crippen molar-refractivity contribution in [1.82, 2.24) is 5.32 Å². The second-order valence-corrected chi connectivity index (χ2v) is 4.40. The third-order valence-electron chi connectivity index (χ3n) is 2.87. The molecule has 1 aliphatic rings. The number of non-ortho nitro benzene ring substituents is 1. The summed E-state index contributed by atoms with van der Waals surface area (Å²) in [4.78, 5) is 21.7. The lowest BCUT2D eigenvalue weighted by atomic mass is 10.2. The number of halogens is 1. The van der Waals surface area contributed by atoms with E-state index in [1.807, 2.05) is 0 Å². The Labute approximate surface area is 114 Å². The Morgan fingerprint density at radius 3 is 3.05 bits per heavy atom. The van der Waals surface area contributed by atoms with Crippen molar-refractivity contribution in [3.05, 3.63) is 34.1 Å². The fourth-order valence-corrected chi connectivity index (χ4v) is 1.90. The van der Waals surface area contributed by atoms with Gasteiger partial charge in [0.2, 0.25) is 5.91 Å². The number of hydrogen-bond donors (Lipinski definition) is 2. The number of rotatable bonds is 4. The number of ether oxygens (including phenoxy) is 1. The molecule has 0 aromatic heterocycles. The number of nitro groups is 1. The van der Waals surface area contributed by atoms with E-state index in [0.29, 0.717) is 19.8 Å². The summed E-state index contributed by atoms with van der Waals surface area (Å²) < 4.78 is 18.7. The summed E-state index contributed by atoms with van der Waals surface area (Å²) in [6.07, 6.45) is 0.113. The fraction of sp³-hybridized carbons (Fsp3) is 0.417. The van der Waals surface area contributed by atoms with Crippen LogP contribution in [0.15, 0.2) is 18.2 Å². The van der Waals surface area contributed by atoms with Gasteiger partial charge in [-0.15, -0.1) is 0 Å². The molecule has 0 radical (unpaired) electrons. The Hall–Kier alpha value is -2.06. The van der Waals surface area contributed by atoms with E-state index in [1.54, 1.807) is 0 Å². The van der Waals surface area contributed by atoms with E-state index in [0.717, 1.165) is 18.2 Å². The molecule has 1 aliphatic heterocycles. The third kappa shape index (κ3) is 3.72. The van der Waals surface area contributed by atoms with E-state index in [2.05, 4.69) is 10.6 Å². The third-order valence-corrected chi connectivity index (χ3v) is 2.87. The van der Waals surface area contributed by atoms with Crippen molar-refractivity contribution in [2.75, 3.05) is 25.1 Å². The molecule has 0 spiro atoms. The minimum atomic E-state index is -0.711. The molecule has 108 valence electrons. The van der Waals surface area contributed by atoms with Gasteiger partial charge in [0, 0.05) is 31.1 Å². The summed E-state index contributed by atoms with van der Waals surface area (Å²) in [5, 5.41) is 16.0. The van der Waals surface area contributed by atoms with Gasteiger partial charge in [-0.2, -0.15) is 0 Å². The van der Waals surface area contributed by atoms with Gasteiger partial charge in [-0.3, -0.25) is 14.9 Å². The predicted molar refractivity (Wildman–Crippen MR) is 68.9 cm³/mol. The van der Waals surface area contributed by atoms with Crippen LogP contribution >= 0.6 is 0 Å². The number of morpholine rings is 1. The van der Waals surface area contributed by atoms with E-state index in [4.69, 9.17) is 4.74 Å². The average Bonchev–Trinajstić information content (AvgIpc) is 2.42. The largest absolute Gasteiger partial charge is 0.378 e. The van der Waals surface area contributed by atoms with Crippen LogP contribution in [0.5, 0.6) is 0 Å². The lowest BCUT2D eigenvalue weighted by molar-refractivity contribution is -0.384. The van der Waals surface area contributed by atoms with E-state index >= 15 is 0 Å². The molecule has 20 heavy (non-hydrogen) atoms. The second kappa shape index (κ2) is 6.40. The van der Waals surface area contributed by atoms with Gasteiger partial charge in [0.1, 0.15) is 5.82 Å². The highest BCUT2D eigenvalue weighted by molar-refractivity contribution is 5.91. The van der Waals surface area contributed by atoms with Gasteiger partial charge in [0.25, 0.3) is 5.69 Å². The molecule has 0 aliphatic carbocycles. The Bertz CT molecular complexity index is 517. The van der Waals surface area contributed by atoms with Gasteiger partial charge in [-0.05, 0) is 6.07 Å². The Morgan fingerprint density at radius 1 is 1.60 bits per heavy atom. The standard InChI is InChI=1S/C12H14FN3O4/c13-10-2-1-9(16(18)19)6-11(10)15-12(17)5-8-7-20-4-3-14-8/h1-2,6,8,14H,3-5,7H2,(H,15,17). The van der Waals surface area contributed by atoms with Crippen LogP contribution in [-0.4, -0.2) is 36.6 Å².